The molecule has 4 rings (SSSR count). The summed E-state index contributed by atoms with van der Waals surface area (Å²) in [5.74, 6) is 0.0991. The molecular weight excluding hydrogens is 446 g/mol. The van der Waals surface area contributed by atoms with Gasteiger partial charge in [0.05, 0.1) is 41.3 Å². The number of hydrogen-bond donors (Lipinski definition) is 0. The van der Waals surface area contributed by atoms with Crippen LogP contribution in [0.3, 0.4) is 0 Å². The molecule has 176 valence electrons. The summed E-state index contributed by atoms with van der Waals surface area (Å²) in [4.78, 5) is 17.2. The fraction of sp³-hybridized carbons (Fsp3) is 0.391. The number of fused-ring (bicyclic) bond motifs is 1. The van der Waals surface area contributed by atoms with Gasteiger partial charge in [-0.2, -0.15) is 4.31 Å². The maximum atomic E-state index is 13.0. The van der Waals surface area contributed by atoms with Crippen molar-refractivity contribution >= 4 is 27.0 Å². The van der Waals surface area contributed by atoms with Crippen molar-refractivity contribution in [1.29, 1.82) is 0 Å². The maximum Gasteiger partial charge on any atom is 0.338 e. The van der Waals surface area contributed by atoms with E-state index >= 15 is 0 Å². The van der Waals surface area contributed by atoms with Crippen LogP contribution in [-0.4, -0.2) is 61.7 Å². The molecule has 10 heteroatoms. The van der Waals surface area contributed by atoms with Crippen molar-refractivity contribution in [3.63, 3.8) is 0 Å². The minimum absolute atomic E-state index is 0.0211. The van der Waals surface area contributed by atoms with Crippen molar-refractivity contribution in [1.82, 2.24) is 13.9 Å². The second-order valence-electron chi connectivity index (χ2n) is 7.65. The minimum Gasteiger partial charge on any atom is -0.454 e. The van der Waals surface area contributed by atoms with Gasteiger partial charge in [0, 0.05) is 26.7 Å². The van der Waals surface area contributed by atoms with Gasteiger partial charge in [0.2, 0.25) is 10.0 Å². The number of esters is 1. The van der Waals surface area contributed by atoms with Crippen molar-refractivity contribution in [3.05, 3.63) is 59.4 Å². The largest absolute Gasteiger partial charge is 0.454 e. The molecular formula is C23H27N3O6S. The van der Waals surface area contributed by atoms with Crippen LogP contribution in [0.1, 0.15) is 28.7 Å². The number of morpholine rings is 1. The molecule has 0 N–H and O–H groups in total. The molecule has 2 heterocycles. The van der Waals surface area contributed by atoms with Crippen LogP contribution in [-0.2, 0) is 44.0 Å². The molecule has 1 aromatic heterocycles. The number of carbonyl (C=O) groups is 1. The van der Waals surface area contributed by atoms with E-state index in [1.165, 1.54) is 4.31 Å². The first-order chi connectivity index (χ1) is 15.9. The number of benzene rings is 2. The molecule has 33 heavy (non-hydrogen) atoms. The third kappa shape index (κ3) is 4.93. The fourth-order valence-electron chi connectivity index (χ4n) is 3.84. The van der Waals surface area contributed by atoms with Gasteiger partial charge in [0.15, 0.2) is 0 Å². The van der Waals surface area contributed by atoms with E-state index in [-0.39, 0.29) is 11.5 Å². The highest BCUT2D eigenvalue weighted by atomic mass is 32.2. The maximum absolute atomic E-state index is 13.0. The van der Waals surface area contributed by atoms with Gasteiger partial charge in [-0.1, -0.05) is 12.1 Å². The number of ether oxygens (including phenoxy) is 3. The molecule has 1 aliphatic rings. The molecule has 0 atom stereocenters. The Morgan fingerprint density at radius 3 is 2.48 bits per heavy atom. The van der Waals surface area contributed by atoms with Gasteiger partial charge in [0.25, 0.3) is 0 Å². The van der Waals surface area contributed by atoms with Crippen LogP contribution in [0.25, 0.3) is 11.0 Å². The summed E-state index contributed by atoms with van der Waals surface area (Å²) in [6.07, 6.45) is 0. The lowest BCUT2D eigenvalue weighted by Gasteiger charge is -2.26. The highest BCUT2D eigenvalue weighted by Gasteiger charge is 2.27. The molecule has 3 aromatic rings. The lowest BCUT2D eigenvalue weighted by Crippen LogP contribution is -2.40. The van der Waals surface area contributed by atoms with Crippen molar-refractivity contribution in [2.75, 3.05) is 33.4 Å². The van der Waals surface area contributed by atoms with Crippen LogP contribution in [0.5, 0.6) is 0 Å². The predicted octanol–water partition coefficient (Wildman–Crippen LogP) is 2.58. The summed E-state index contributed by atoms with van der Waals surface area (Å²) in [5, 5.41) is 0. The Morgan fingerprint density at radius 1 is 1.09 bits per heavy atom. The predicted molar refractivity (Wildman–Crippen MR) is 121 cm³/mol. The number of aryl methyl sites for hydroxylation is 1. The Balaban J connectivity index is 1.53. The first kappa shape index (κ1) is 23.4. The number of carbonyl (C=O) groups excluding carboxylic acids is 1. The number of methoxy groups -OCH3 is 1. The summed E-state index contributed by atoms with van der Waals surface area (Å²) >= 11 is 0. The number of imidazole rings is 1. The average molecular weight is 474 g/mol. The number of nitrogens with zero attached hydrogens (tertiary/aromatic N) is 3. The molecule has 0 aliphatic carbocycles. The summed E-state index contributed by atoms with van der Waals surface area (Å²) in [6.45, 7) is 4.44. The molecule has 0 spiro atoms. The zero-order valence-electron chi connectivity index (χ0n) is 18.7. The average Bonchev–Trinajstić information content (AvgIpc) is 3.20. The van der Waals surface area contributed by atoms with Crippen LogP contribution in [0, 0.1) is 0 Å². The molecule has 0 bridgehead atoms. The van der Waals surface area contributed by atoms with E-state index in [4.69, 9.17) is 14.2 Å². The number of hydrogen-bond acceptors (Lipinski definition) is 7. The van der Waals surface area contributed by atoms with Gasteiger partial charge in [-0.15, -0.1) is 0 Å². The van der Waals surface area contributed by atoms with Crippen molar-refractivity contribution in [2.45, 2.75) is 31.6 Å². The molecule has 1 aliphatic heterocycles. The monoisotopic (exact) mass is 473 g/mol. The molecule has 0 amide bonds. The van der Waals surface area contributed by atoms with Gasteiger partial charge < -0.3 is 18.8 Å². The van der Waals surface area contributed by atoms with E-state index in [1.807, 2.05) is 23.6 Å². The summed E-state index contributed by atoms with van der Waals surface area (Å²) < 4.78 is 45.1. The lowest BCUT2D eigenvalue weighted by atomic mass is 10.1. The standard InChI is InChI=1S/C23H27N3O6S/c1-3-26-21-9-8-19(33(28,29)25-10-12-31-13-11-25)14-20(21)24-22(26)16-32-23(27)18-6-4-17(5-7-18)15-30-2/h4-9,14H,3,10-13,15-16H2,1-2H3. The molecule has 1 saturated heterocycles. The fourth-order valence-corrected chi connectivity index (χ4v) is 5.26. The molecule has 0 unspecified atom stereocenters. The minimum atomic E-state index is -3.62. The van der Waals surface area contributed by atoms with Crippen molar-refractivity contribution in [3.8, 4) is 0 Å². The second-order valence-corrected chi connectivity index (χ2v) is 9.58. The first-order valence-corrected chi connectivity index (χ1v) is 12.2. The number of aromatic nitrogens is 2. The Bertz CT molecular complexity index is 1230. The molecule has 2 aromatic carbocycles. The zero-order chi connectivity index (χ0) is 23.4. The van der Waals surface area contributed by atoms with Crippen molar-refractivity contribution < 1.29 is 27.4 Å². The molecule has 0 radical (unpaired) electrons. The Morgan fingerprint density at radius 2 is 1.82 bits per heavy atom. The first-order valence-electron chi connectivity index (χ1n) is 10.8. The van der Waals surface area contributed by atoms with Crippen LogP contribution in [0.15, 0.2) is 47.4 Å². The van der Waals surface area contributed by atoms with E-state index in [0.29, 0.717) is 56.4 Å². The van der Waals surface area contributed by atoms with E-state index in [9.17, 15) is 13.2 Å². The molecule has 9 nitrogen and oxygen atoms in total. The SMILES string of the molecule is CCn1c(COC(=O)c2ccc(COC)cc2)nc2cc(S(=O)(=O)N3CCOCC3)ccc21. The van der Waals surface area contributed by atoms with Crippen LogP contribution >= 0.6 is 0 Å². The van der Waals surface area contributed by atoms with E-state index in [2.05, 4.69) is 4.98 Å². The van der Waals surface area contributed by atoms with Gasteiger partial charge in [0.1, 0.15) is 12.4 Å². The normalized spacial score (nSPS) is 15.1. The Hall–Kier alpha value is -2.79. The summed E-state index contributed by atoms with van der Waals surface area (Å²) in [5.41, 5.74) is 2.73. The highest BCUT2D eigenvalue weighted by Crippen LogP contribution is 2.24. The summed E-state index contributed by atoms with van der Waals surface area (Å²) in [6, 6.07) is 11.9. The highest BCUT2D eigenvalue weighted by molar-refractivity contribution is 7.89. The molecule has 1 fully saturated rings. The van der Waals surface area contributed by atoms with Crippen molar-refractivity contribution in [2.24, 2.45) is 0 Å². The van der Waals surface area contributed by atoms with E-state index < -0.39 is 16.0 Å². The van der Waals surface area contributed by atoms with Gasteiger partial charge >= 0.3 is 5.97 Å². The van der Waals surface area contributed by atoms with Gasteiger partial charge in [-0.25, -0.2) is 18.2 Å². The zero-order valence-corrected chi connectivity index (χ0v) is 19.5. The smallest absolute Gasteiger partial charge is 0.338 e. The lowest BCUT2D eigenvalue weighted by molar-refractivity contribution is 0.0458. The molecule has 0 saturated carbocycles. The number of sulfonamides is 1. The van der Waals surface area contributed by atoms with E-state index in [1.54, 1.807) is 37.4 Å². The van der Waals surface area contributed by atoms with Crippen LogP contribution < -0.4 is 0 Å². The third-order valence-electron chi connectivity index (χ3n) is 5.56. The second kappa shape index (κ2) is 10.0. The van der Waals surface area contributed by atoms with Gasteiger partial charge in [-0.05, 0) is 42.8 Å². The number of rotatable bonds is 8. The third-order valence-corrected chi connectivity index (χ3v) is 7.45. The topological polar surface area (TPSA) is 100.0 Å². The van der Waals surface area contributed by atoms with E-state index in [0.717, 1.165) is 11.1 Å². The van der Waals surface area contributed by atoms with Gasteiger partial charge in [-0.3, -0.25) is 0 Å². The van der Waals surface area contributed by atoms with Crippen LogP contribution in [0.2, 0.25) is 0 Å². The Labute approximate surface area is 192 Å². The summed E-state index contributed by atoms with van der Waals surface area (Å²) in [7, 11) is -2.01. The van der Waals surface area contributed by atoms with Crippen LogP contribution in [0.4, 0.5) is 0 Å². The Kier molecular flexibility index (Phi) is 7.08. The quantitative estimate of drug-likeness (QED) is 0.464.